The van der Waals surface area contributed by atoms with Gasteiger partial charge in [0.15, 0.2) is 8.32 Å². The molecule has 5 atom stereocenters. The monoisotopic (exact) mass is 294 g/mol. The first-order valence-electron chi connectivity index (χ1n) is 8.27. The van der Waals surface area contributed by atoms with Crippen molar-refractivity contribution in [1.29, 1.82) is 0 Å². The molecule has 114 valence electrons. The van der Waals surface area contributed by atoms with E-state index in [4.69, 9.17) is 4.43 Å². The van der Waals surface area contributed by atoms with Crippen LogP contribution in [0.3, 0.4) is 0 Å². The molecule has 0 amide bonds. The minimum Gasteiger partial charge on any atom is -0.413 e. The van der Waals surface area contributed by atoms with Crippen molar-refractivity contribution >= 4 is 14.1 Å². The van der Waals surface area contributed by atoms with Crippen LogP contribution in [0.1, 0.15) is 53.4 Å². The van der Waals surface area contributed by atoms with Crippen LogP contribution < -0.4 is 0 Å². The maximum atomic E-state index is 12.6. The van der Waals surface area contributed by atoms with Crippen LogP contribution in [0, 0.1) is 23.2 Å². The average molecular weight is 295 g/mol. The molecule has 3 fully saturated rings. The predicted octanol–water partition coefficient (Wildman–Crippen LogP) is 4.40. The zero-order valence-corrected chi connectivity index (χ0v) is 15.0. The second-order valence-electron chi connectivity index (χ2n) is 9.27. The zero-order chi connectivity index (χ0) is 14.9. The third-order valence-corrected chi connectivity index (χ3v) is 11.3. The van der Waals surface area contributed by atoms with E-state index < -0.39 is 8.32 Å². The van der Waals surface area contributed by atoms with Crippen molar-refractivity contribution in [2.45, 2.75) is 77.6 Å². The Morgan fingerprint density at radius 1 is 1.25 bits per heavy atom. The summed E-state index contributed by atoms with van der Waals surface area (Å²) in [5, 5.41) is 0.230. The highest BCUT2D eigenvalue weighted by molar-refractivity contribution is 6.74. The molecule has 0 saturated heterocycles. The molecule has 0 unspecified atom stereocenters. The van der Waals surface area contributed by atoms with E-state index in [-0.39, 0.29) is 17.1 Å². The molecule has 0 N–H and O–H groups in total. The third-order valence-electron chi connectivity index (χ3n) is 6.80. The summed E-state index contributed by atoms with van der Waals surface area (Å²) in [6.45, 7) is 13.9. The fourth-order valence-electron chi connectivity index (χ4n) is 4.28. The van der Waals surface area contributed by atoms with Gasteiger partial charge in [-0.2, -0.15) is 0 Å². The first-order valence-corrected chi connectivity index (χ1v) is 11.2. The van der Waals surface area contributed by atoms with E-state index in [0.29, 0.717) is 23.0 Å². The molecule has 3 heteroatoms. The first kappa shape index (κ1) is 14.8. The zero-order valence-electron chi connectivity index (χ0n) is 14.0. The van der Waals surface area contributed by atoms with Gasteiger partial charge in [0.25, 0.3) is 0 Å². The number of hydrogen-bond donors (Lipinski definition) is 0. The van der Waals surface area contributed by atoms with Crippen LogP contribution in [-0.4, -0.2) is 20.2 Å². The van der Waals surface area contributed by atoms with Crippen LogP contribution in [0.5, 0.6) is 0 Å². The van der Waals surface area contributed by atoms with E-state index in [1.807, 2.05) is 0 Å². The number of carbonyl (C=O) groups excluding carboxylic acids is 1. The van der Waals surface area contributed by atoms with Gasteiger partial charge < -0.3 is 4.43 Å². The lowest BCUT2D eigenvalue weighted by atomic mass is 9.61. The Kier molecular flexibility index (Phi) is 3.10. The quantitative estimate of drug-likeness (QED) is 0.706. The van der Waals surface area contributed by atoms with Gasteiger partial charge in [0, 0.05) is 11.8 Å². The van der Waals surface area contributed by atoms with Crippen molar-refractivity contribution in [2.75, 3.05) is 0 Å². The largest absolute Gasteiger partial charge is 0.413 e. The molecule has 3 saturated carbocycles. The van der Waals surface area contributed by atoms with Gasteiger partial charge >= 0.3 is 0 Å². The van der Waals surface area contributed by atoms with Crippen LogP contribution >= 0.6 is 0 Å². The van der Waals surface area contributed by atoms with Gasteiger partial charge in [0.05, 0.1) is 6.10 Å². The Morgan fingerprint density at radius 2 is 1.90 bits per heavy atom. The number of carbonyl (C=O) groups is 1. The van der Waals surface area contributed by atoms with Gasteiger partial charge in [0.1, 0.15) is 5.78 Å². The van der Waals surface area contributed by atoms with E-state index >= 15 is 0 Å². The third kappa shape index (κ3) is 2.12. The summed E-state index contributed by atoms with van der Waals surface area (Å²) in [5.41, 5.74) is 0.441. The van der Waals surface area contributed by atoms with Gasteiger partial charge in [-0.25, -0.2) is 0 Å². The van der Waals surface area contributed by atoms with Crippen molar-refractivity contribution in [1.82, 2.24) is 0 Å². The van der Waals surface area contributed by atoms with E-state index in [0.717, 1.165) is 12.8 Å². The maximum Gasteiger partial charge on any atom is 0.192 e. The standard InChI is InChI=1S/C17H30O2Si/c1-16(2,3)20(5,6)19-14-7-8-17(4)10-12(14)15(18)11-9-13(11)17/h11-14H,7-10H2,1-6H3/t11-,12+,13+,14-,17+/m1/s1. The van der Waals surface area contributed by atoms with E-state index in [2.05, 4.69) is 40.8 Å². The number of Topliss-reactive ketones (excluding diaryl/α,β-unsaturated/α-hetero) is 1. The summed E-state index contributed by atoms with van der Waals surface area (Å²) in [7, 11) is -1.76. The fourth-order valence-corrected chi connectivity index (χ4v) is 5.67. The van der Waals surface area contributed by atoms with E-state index in [9.17, 15) is 4.79 Å². The summed E-state index contributed by atoms with van der Waals surface area (Å²) in [6, 6.07) is 0. The van der Waals surface area contributed by atoms with Gasteiger partial charge in [-0.3, -0.25) is 4.79 Å². The Labute approximate surface area is 124 Å². The number of rotatable bonds is 2. The Bertz CT molecular complexity index is 437. The minimum atomic E-state index is -1.76. The number of ketones is 1. The van der Waals surface area contributed by atoms with Crippen LogP contribution in [0.25, 0.3) is 0 Å². The smallest absolute Gasteiger partial charge is 0.192 e. The lowest BCUT2D eigenvalue weighted by Gasteiger charge is -2.49. The molecule has 2 bridgehead atoms. The Balaban J connectivity index is 1.78. The minimum absolute atomic E-state index is 0.201. The van der Waals surface area contributed by atoms with Crippen LogP contribution in [0.15, 0.2) is 0 Å². The molecule has 0 aromatic rings. The molecule has 0 spiro atoms. The molecule has 3 aliphatic rings. The van der Waals surface area contributed by atoms with Gasteiger partial charge in [-0.05, 0) is 55.1 Å². The fraction of sp³-hybridized carbons (Fsp3) is 0.941. The normalized spacial score (nSPS) is 44.2. The second-order valence-corrected chi connectivity index (χ2v) is 14.0. The highest BCUT2D eigenvalue weighted by Gasteiger charge is 2.63. The highest BCUT2D eigenvalue weighted by Crippen LogP contribution is 2.64. The lowest BCUT2D eigenvalue weighted by Crippen LogP contribution is -2.52. The van der Waals surface area contributed by atoms with E-state index in [1.54, 1.807) is 0 Å². The van der Waals surface area contributed by atoms with Crippen molar-refractivity contribution in [3.05, 3.63) is 0 Å². The summed E-state index contributed by atoms with van der Waals surface area (Å²) in [5.74, 6) is 1.84. The molecule has 0 radical (unpaired) electrons. The predicted molar refractivity (Wildman–Crippen MR) is 84.1 cm³/mol. The van der Waals surface area contributed by atoms with Crippen LogP contribution in [0.4, 0.5) is 0 Å². The molecular weight excluding hydrogens is 264 g/mol. The summed E-state index contributed by atoms with van der Waals surface area (Å²) < 4.78 is 6.63. The first-order chi connectivity index (χ1) is 9.05. The molecule has 3 aliphatic carbocycles. The Morgan fingerprint density at radius 3 is 2.50 bits per heavy atom. The molecule has 20 heavy (non-hydrogen) atoms. The molecular formula is C17H30O2Si. The van der Waals surface area contributed by atoms with Crippen molar-refractivity contribution < 1.29 is 9.22 Å². The van der Waals surface area contributed by atoms with Crippen LogP contribution in [0.2, 0.25) is 18.1 Å². The summed E-state index contributed by atoms with van der Waals surface area (Å²) in [4.78, 5) is 12.6. The maximum absolute atomic E-state index is 12.6. The molecule has 2 nitrogen and oxygen atoms in total. The summed E-state index contributed by atoms with van der Waals surface area (Å²) in [6.07, 6.45) is 4.82. The van der Waals surface area contributed by atoms with Crippen molar-refractivity contribution in [3.8, 4) is 0 Å². The van der Waals surface area contributed by atoms with E-state index in [1.165, 1.54) is 12.8 Å². The Hall–Kier alpha value is -0.153. The highest BCUT2D eigenvalue weighted by atomic mass is 28.4. The van der Waals surface area contributed by atoms with Crippen molar-refractivity contribution in [2.24, 2.45) is 23.2 Å². The molecule has 0 aromatic carbocycles. The average Bonchev–Trinajstić information content (AvgIpc) is 3.09. The second kappa shape index (κ2) is 4.19. The molecule has 0 aromatic heterocycles. The SMILES string of the molecule is CC(C)(C)[Si](C)(C)O[C@@H]1CC[C@@]2(C)C[C@@H]1C(=O)[C@@H]1C[C@@H]12. The summed E-state index contributed by atoms with van der Waals surface area (Å²) >= 11 is 0. The van der Waals surface area contributed by atoms with Gasteiger partial charge in [0.2, 0.25) is 0 Å². The lowest BCUT2D eigenvalue weighted by molar-refractivity contribution is -0.136. The van der Waals surface area contributed by atoms with Crippen LogP contribution in [-0.2, 0) is 9.22 Å². The van der Waals surface area contributed by atoms with Crippen molar-refractivity contribution in [3.63, 3.8) is 0 Å². The molecule has 3 rings (SSSR count). The van der Waals surface area contributed by atoms with Gasteiger partial charge in [-0.15, -0.1) is 0 Å². The number of fused-ring (bicyclic) bond motifs is 4. The topological polar surface area (TPSA) is 26.3 Å². The molecule has 0 heterocycles. The van der Waals surface area contributed by atoms with Gasteiger partial charge in [-0.1, -0.05) is 27.7 Å². The number of hydrogen-bond acceptors (Lipinski definition) is 2. The molecule has 0 aliphatic heterocycles.